The van der Waals surface area contributed by atoms with Crippen LogP contribution in [-0.2, 0) is 7.05 Å². The summed E-state index contributed by atoms with van der Waals surface area (Å²) in [4.78, 5) is 12.5. The van der Waals surface area contributed by atoms with Crippen molar-refractivity contribution in [2.75, 3.05) is 5.32 Å². The molecule has 0 saturated carbocycles. The zero-order chi connectivity index (χ0) is 17.3. The standard InChI is InChI=1S/C19H18FN3O/c1-12-8-9-14(10-17(12)20)15-6-4-5-7-18(15)21-19(24)16-11-23(3)22-13(16)2/h4-11H,1-3H3,(H,21,24). The molecule has 0 spiro atoms. The van der Waals surface area contributed by atoms with Crippen molar-refractivity contribution in [3.8, 4) is 11.1 Å². The fourth-order valence-electron chi connectivity index (χ4n) is 2.62. The van der Waals surface area contributed by atoms with Gasteiger partial charge in [-0.25, -0.2) is 4.39 Å². The average molecular weight is 323 g/mol. The number of anilines is 1. The van der Waals surface area contributed by atoms with Gasteiger partial charge in [-0.15, -0.1) is 0 Å². The molecule has 122 valence electrons. The Labute approximate surface area is 139 Å². The maximum atomic E-state index is 13.9. The lowest BCUT2D eigenvalue weighted by Gasteiger charge is -2.11. The number of para-hydroxylation sites is 1. The summed E-state index contributed by atoms with van der Waals surface area (Å²) in [5, 5.41) is 7.08. The summed E-state index contributed by atoms with van der Waals surface area (Å²) in [7, 11) is 1.77. The van der Waals surface area contributed by atoms with Crippen molar-refractivity contribution >= 4 is 11.6 Å². The topological polar surface area (TPSA) is 46.9 Å². The van der Waals surface area contributed by atoms with Crippen molar-refractivity contribution in [1.82, 2.24) is 9.78 Å². The number of amides is 1. The highest BCUT2D eigenvalue weighted by molar-refractivity contribution is 6.06. The van der Waals surface area contributed by atoms with E-state index < -0.39 is 0 Å². The molecular weight excluding hydrogens is 305 g/mol. The van der Waals surface area contributed by atoms with Crippen LogP contribution in [0.5, 0.6) is 0 Å². The maximum absolute atomic E-state index is 13.9. The minimum atomic E-state index is -0.267. The molecule has 0 aliphatic carbocycles. The molecule has 1 heterocycles. The van der Waals surface area contributed by atoms with Crippen LogP contribution in [0.3, 0.4) is 0 Å². The Morgan fingerprint density at radius 1 is 1.17 bits per heavy atom. The van der Waals surface area contributed by atoms with E-state index in [2.05, 4.69) is 10.4 Å². The van der Waals surface area contributed by atoms with Crippen molar-refractivity contribution in [1.29, 1.82) is 0 Å². The number of nitrogens with one attached hydrogen (secondary N) is 1. The highest BCUT2D eigenvalue weighted by atomic mass is 19.1. The van der Waals surface area contributed by atoms with E-state index in [1.807, 2.05) is 24.3 Å². The molecule has 0 atom stereocenters. The minimum absolute atomic E-state index is 0.236. The first-order valence-corrected chi connectivity index (χ1v) is 7.63. The van der Waals surface area contributed by atoms with E-state index in [4.69, 9.17) is 0 Å². The fraction of sp³-hybridized carbons (Fsp3) is 0.158. The predicted octanol–water partition coefficient (Wildman–Crippen LogP) is 4.10. The summed E-state index contributed by atoms with van der Waals surface area (Å²) in [6.07, 6.45) is 1.68. The number of hydrogen-bond donors (Lipinski definition) is 1. The van der Waals surface area contributed by atoms with Crippen LogP contribution in [0.4, 0.5) is 10.1 Å². The number of nitrogens with zero attached hydrogens (tertiary/aromatic N) is 2. The normalized spacial score (nSPS) is 10.7. The Hall–Kier alpha value is -2.95. The van der Waals surface area contributed by atoms with E-state index in [1.165, 1.54) is 6.07 Å². The maximum Gasteiger partial charge on any atom is 0.259 e. The second kappa shape index (κ2) is 6.28. The lowest BCUT2D eigenvalue weighted by Crippen LogP contribution is -2.13. The summed E-state index contributed by atoms with van der Waals surface area (Å²) in [5.74, 6) is -0.502. The summed E-state index contributed by atoms with van der Waals surface area (Å²) in [6.45, 7) is 3.51. The predicted molar refractivity (Wildman–Crippen MR) is 92.5 cm³/mol. The summed E-state index contributed by atoms with van der Waals surface area (Å²) in [6, 6.07) is 12.4. The summed E-state index contributed by atoms with van der Waals surface area (Å²) in [5.41, 5.74) is 3.89. The van der Waals surface area contributed by atoms with Crippen LogP contribution in [-0.4, -0.2) is 15.7 Å². The quantitative estimate of drug-likeness (QED) is 0.789. The molecule has 0 aliphatic heterocycles. The second-order valence-corrected chi connectivity index (χ2v) is 5.77. The van der Waals surface area contributed by atoms with E-state index in [9.17, 15) is 9.18 Å². The Morgan fingerprint density at radius 2 is 1.92 bits per heavy atom. The van der Waals surface area contributed by atoms with Crippen LogP contribution >= 0.6 is 0 Å². The zero-order valence-corrected chi connectivity index (χ0v) is 13.8. The van der Waals surface area contributed by atoms with E-state index in [0.29, 0.717) is 22.5 Å². The van der Waals surface area contributed by atoms with E-state index in [0.717, 1.165) is 11.1 Å². The summed E-state index contributed by atoms with van der Waals surface area (Å²) < 4.78 is 15.5. The zero-order valence-electron chi connectivity index (χ0n) is 13.8. The van der Waals surface area contributed by atoms with E-state index in [-0.39, 0.29) is 11.7 Å². The molecule has 5 heteroatoms. The van der Waals surface area contributed by atoms with Crippen LogP contribution in [0.15, 0.2) is 48.7 Å². The number of carbonyl (C=O) groups is 1. The molecule has 1 amide bonds. The van der Waals surface area contributed by atoms with Crippen LogP contribution in [0, 0.1) is 19.7 Å². The number of hydrogen-bond acceptors (Lipinski definition) is 2. The largest absolute Gasteiger partial charge is 0.321 e. The monoisotopic (exact) mass is 323 g/mol. The van der Waals surface area contributed by atoms with Gasteiger partial charge in [0.05, 0.1) is 11.3 Å². The molecule has 2 aromatic carbocycles. The van der Waals surface area contributed by atoms with Crippen LogP contribution in [0.2, 0.25) is 0 Å². The smallest absolute Gasteiger partial charge is 0.259 e. The van der Waals surface area contributed by atoms with Crippen LogP contribution in [0.1, 0.15) is 21.6 Å². The number of rotatable bonds is 3. The Kier molecular flexibility index (Phi) is 4.16. The molecule has 0 unspecified atom stereocenters. The second-order valence-electron chi connectivity index (χ2n) is 5.77. The van der Waals surface area contributed by atoms with Crippen molar-refractivity contribution in [3.05, 3.63) is 71.3 Å². The molecule has 1 aromatic heterocycles. The lowest BCUT2D eigenvalue weighted by molar-refractivity contribution is 0.102. The minimum Gasteiger partial charge on any atom is -0.321 e. The number of benzene rings is 2. The lowest BCUT2D eigenvalue weighted by atomic mass is 10.0. The summed E-state index contributed by atoms with van der Waals surface area (Å²) >= 11 is 0. The van der Waals surface area contributed by atoms with Crippen molar-refractivity contribution in [2.24, 2.45) is 7.05 Å². The average Bonchev–Trinajstić information content (AvgIpc) is 2.89. The van der Waals surface area contributed by atoms with Gasteiger partial charge in [-0.2, -0.15) is 5.10 Å². The molecular formula is C19H18FN3O. The van der Waals surface area contributed by atoms with Gasteiger partial charge in [0.2, 0.25) is 0 Å². The third kappa shape index (κ3) is 3.06. The molecule has 1 N–H and O–H groups in total. The van der Waals surface area contributed by atoms with Crippen molar-refractivity contribution in [3.63, 3.8) is 0 Å². The molecule has 0 fully saturated rings. The number of carbonyl (C=O) groups excluding carboxylic acids is 1. The van der Waals surface area contributed by atoms with Gasteiger partial charge in [0.25, 0.3) is 5.91 Å². The highest BCUT2D eigenvalue weighted by Crippen LogP contribution is 2.29. The highest BCUT2D eigenvalue weighted by Gasteiger charge is 2.15. The van der Waals surface area contributed by atoms with Gasteiger partial charge in [0.15, 0.2) is 0 Å². The van der Waals surface area contributed by atoms with Crippen LogP contribution < -0.4 is 5.32 Å². The Bertz CT molecular complexity index is 915. The van der Waals surface area contributed by atoms with Gasteiger partial charge in [0, 0.05) is 24.5 Å². The van der Waals surface area contributed by atoms with Crippen molar-refractivity contribution in [2.45, 2.75) is 13.8 Å². The molecule has 0 bridgehead atoms. The molecule has 4 nitrogen and oxygen atoms in total. The number of aryl methyl sites for hydroxylation is 3. The van der Waals surface area contributed by atoms with E-state index >= 15 is 0 Å². The molecule has 0 radical (unpaired) electrons. The van der Waals surface area contributed by atoms with Gasteiger partial charge in [-0.05, 0) is 37.1 Å². The Morgan fingerprint density at radius 3 is 2.58 bits per heavy atom. The number of halogens is 1. The molecule has 3 rings (SSSR count). The van der Waals surface area contributed by atoms with E-state index in [1.54, 1.807) is 43.9 Å². The third-order valence-corrected chi connectivity index (χ3v) is 3.92. The SMILES string of the molecule is Cc1ccc(-c2ccccc2NC(=O)c2cn(C)nc2C)cc1F. The first kappa shape index (κ1) is 15.9. The number of aromatic nitrogens is 2. The Balaban J connectivity index is 1.96. The van der Waals surface area contributed by atoms with Gasteiger partial charge in [-0.1, -0.05) is 30.3 Å². The molecule has 24 heavy (non-hydrogen) atoms. The van der Waals surface area contributed by atoms with Crippen LogP contribution in [0.25, 0.3) is 11.1 Å². The first-order valence-electron chi connectivity index (χ1n) is 7.63. The van der Waals surface area contributed by atoms with Gasteiger partial charge in [0.1, 0.15) is 5.82 Å². The first-order chi connectivity index (χ1) is 11.5. The third-order valence-electron chi connectivity index (χ3n) is 3.92. The van der Waals surface area contributed by atoms with Gasteiger partial charge >= 0.3 is 0 Å². The molecule has 3 aromatic rings. The van der Waals surface area contributed by atoms with Gasteiger partial charge < -0.3 is 5.32 Å². The van der Waals surface area contributed by atoms with Gasteiger partial charge in [-0.3, -0.25) is 9.48 Å². The molecule has 0 aliphatic rings. The fourth-order valence-corrected chi connectivity index (χ4v) is 2.62. The molecule has 0 saturated heterocycles. The van der Waals surface area contributed by atoms with Crippen molar-refractivity contribution < 1.29 is 9.18 Å².